The molecule has 1 heterocycles. The van der Waals surface area contributed by atoms with Crippen molar-refractivity contribution in [3.05, 3.63) is 17.8 Å². The molecule has 0 aliphatic carbocycles. The zero-order valence-corrected chi connectivity index (χ0v) is 7.12. The molecule has 68 valence electrons. The summed E-state index contributed by atoms with van der Waals surface area (Å²) in [7, 11) is 1.66. The fraction of sp³-hybridized carbons (Fsp3) is 0.625. The van der Waals surface area contributed by atoms with E-state index in [0.717, 1.165) is 12.8 Å². The van der Waals surface area contributed by atoms with Crippen molar-refractivity contribution in [2.75, 3.05) is 13.7 Å². The Balaban J connectivity index is 2.31. The van der Waals surface area contributed by atoms with Gasteiger partial charge in [0.1, 0.15) is 12.4 Å². The van der Waals surface area contributed by atoms with E-state index in [1.165, 1.54) is 0 Å². The number of aryl methyl sites for hydroxylation is 1. The minimum atomic E-state index is -0.0860. The topological polar surface area (TPSA) is 55.5 Å². The smallest absolute Gasteiger partial charge is 0.194 e. The van der Waals surface area contributed by atoms with E-state index < -0.39 is 0 Å². The van der Waals surface area contributed by atoms with Gasteiger partial charge in [-0.05, 0) is 6.42 Å². The lowest BCUT2D eigenvalue weighted by Gasteiger charge is -1.94. The van der Waals surface area contributed by atoms with E-state index in [-0.39, 0.29) is 6.61 Å². The van der Waals surface area contributed by atoms with Crippen LogP contribution in [0.2, 0.25) is 0 Å². The summed E-state index contributed by atoms with van der Waals surface area (Å²) in [6.45, 7) is 0.619. The molecule has 0 unspecified atom stereocenters. The van der Waals surface area contributed by atoms with Gasteiger partial charge in [-0.3, -0.25) is 0 Å². The van der Waals surface area contributed by atoms with Crippen molar-refractivity contribution >= 4 is 0 Å². The Hall–Kier alpha value is -0.870. The normalized spacial score (nSPS) is 10.5. The van der Waals surface area contributed by atoms with Crippen LogP contribution in [-0.2, 0) is 17.8 Å². The Kier molecular flexibility index (Phi) is 3.76. The Bertz CT molecular complexity index is 222. The number of oxazole rings is 1. The van der Waals surface area contributed by atoms with Gasteiger partial charge >= 0.3 is 0 Å². The maximum atomic E-state index is 8.66. The molecule has 0 saturated carbocycles. The number of aliphatic hydroxyl groups is 1. The summed E-state index contributed by atoms with van der Waals surface area (Å²) in [6, 6.07) is 0. The van der Waals surface area contributed by atoms with Crippen molar-refractivity contribution in [2.45, 2.75) is 19.4 Å². The van der Waals surface area contributed by atoms with E-state index in [4.69, 9.17) is 14.3 Å². The molecule has 1 aromatic rings. The molecule has 0 amide bonds. The first-order chi connectivity index (χ1) is 5.86. The second kappa shape index (κ2) is 4.90. The maximum Gasteiger partial charge on any atom is 0.194 e. The van der Waals surface area contributed by atoms with Crippen molar-refractivity contribution in [1.82, 2.24) is 4.98 Å². The average Bonchev–Trinajstić information content (AvgIpc) is 2.53. The van der Waals surface area contributed by atoms with Crippen LogP contribution >= 0.6 is 0 Å². The lowest BCUT2D eigenvalue weighted by molar-refractivity contribution is 0.191. The van der Waals surface area contributed by atoms with Crippen LogP contribution < -0.4 is 0 Å². The zero-order valence-electron chi connectivity index (χ0n) is 7.12. The zero-order chi connectivity index (χ0) is 8.81. The molecule has 0 atom stereocenters. The molecule has 0 radical (unpaired) electrons. The molecular weight excluding hydrogens is 158 g/mol. The fourth-order valence-corrected chi connectivity index (χ4v) is 0.904. The van der Waals surface area contributed by atoms with Crippen molar-refractivity contribution in [1.29, 1.82) is 0 Å². The number of methoxy groups -OCH3 is 1. The highest BCUT2D eigenvalue weighted by molar-refractivity contribution is 4.92. The molecule has 0 spiro atoms. The van der Waals surface area contributed by atoms with Crippen LogP contribution in [-0.4, -0.2) is 23.8 Å². The van der Waals surface area contributed by atoms with Gasteiger partial charge in [0.05, 0.1) is 6.20 Å². The first-order valence-electron chi connectivity index (χ1n) is 3.90. The van der Waals surface area contributed by atoms with Crippen molar-refractivity contribution in [3.8, 4) is 0 Å². The lowest BCUT2D eigenvalue weighted by Crippen LogP contribution is -1.92. The molecule has 1 N–H and O–H groups in total. The summed E-state index contributed by atoms with van der Waals surface area (Å²) in [5.41, 5.74) is 0. The van der Waals surface area contributed by atoms with Crippen molar-refractivity contribution in [2.24, 2.45) is 0 Å². The standard InChI is InChI=1S/C8H13NO3/c1-11-4-2-3-8-9-5-7(6-10)12-8/h5,10H,2-4,6H2,1H3. The SMILES string of the molecule is COCCCc1ncc(CO)o1. The summed E-state index contributed by atoms with van der Waals surface area (Å²) >= 11 is 0. The number of aromatic nitrogens is 1. The first-order valence-corrected chi connectivity index (χ1v) is 3.90. The minimum absolute atomic E-state index is 0.0860. The molecule has 0 fully saturated rings. The third-order valence-corrected chi connectivity index (χ3v) is 1.50. The quantitative estimate of drug-likeness (QED) is 0.664. The Labute approximate surface area is 71.2 Å². The van der Waals surface area contributed by atoms with E-state index in [9.17, 15) is 0 Å². The van der Waals surface area contributed by atoms with Gasteiger partial charge < -0.3 is 14.3 Å². The lowest BCUT2D eigenvalue weighted by atomic mass is 10.3. The Morgan fingerprint density at radius 1 is 1.67 bits per heavy atom. The van der Waals surface area contributed by atoms with Crippen LogP contribution in [0.15, 0.2) is 10.6 Å². The molecule has 1 rings (SSSR count). The van der Waals surface area contributed by atoms with Gasteiger partial charge in [-0.25, -0.2) is 4.98 Å². The highest BCUT2D eigenvalue weighted by Gasteiger charge is 2.01. The predicted octanol–water partition coefficient (Wildman–Crippen LogP) is 0.746. The minimum Gasteiger partial charge on any atom is -0.443 e. The third kappa shape index (κ3) is 2.64. The maximum absolute atomic E-state index is 8.66. The summed E-state index contributed by atoms with van der Waals surface area (Å²) in [6.07, 6.45) is 3.19. The molecule has 4 nitrogen and oxygen atoms in total. The van der Waals surface area contributed by atoms with Gasteiger partial charge in [0.15, 0.2) is 5.89 Å². The summed E-state index contributed by atoms with van der Waals surface area (Å²) in [5, 5.41) is 8.66. The Morgan fingerprint density at radius 3 is 3.08 bits per heavy atom. The molecule has 0 aromatic carbocycles. The monoisotopic (exact) mass is 171 g/mol. The van der Waals surface area contributed by atoms with E-state index in [1.807, 2.05) is 0 Å². The van der Waals surface area contributed by atoms with Crippen molar-refractivity contribution in [3.63, 3.8) is 0 Å². The van der Waals surface area contributed by atoms with Gasteiger partial charge in [0.25, 0.3) is 0 Å². The number of aliphatic hydroxyl groups excluding tert-OH is 1. The predicted molar refractivity (Wildman–Crippen MR) is 42.6 cm³/mol. The first kappa shape index (κ1) is 9.22. The van der Waals surface area contributed by atoms with Crippen LogP contribution in [0.5, 0.6) is 0 Å². The number of hydrogen-bond acceptors (Lipinski definition) is 4. The summed E-state index contributed by atoms with van der Waals surface area (Å²) in [4.78, 5) is 3.98. The van der Waals surface area contributed by atoms with E-state index >= 15 is 0 Å². The van der Waals surface area contributed by atoms with Gasteiger partial charge in [-0.1, -0.05) is 0 Å². The average molecular weight is 171 g/mol. The third-order valence-electron chi connectivity index (χ3n) is 1.50. The number of nitrogens with zero attached hydrogens (tertiary/aromatic N) is 1. The highest BCUT2D eigenvalue weighted by Crippen LogP contribution is 2.05. The van der Waals surface area contributed by atoms with Gasteiger partial charge in [0, 0.05) is 20.1 Å². The van der Waals surface area contributed by atoms with Gasteiger partial charge in [-0.2, -0.15) is 0 Å². The highest BCUT2D eigenvalue weighted by atomic mass is 16.5. The molecule has 0 aliphatic heterocycles. The molecule has 4 heteroatoms. The van der Waals surface area contributed by atoms with Crippen LogP contribution in [0, 0.1) is 0 Å². The summed E-state index contributed by atoms with van der Waals surface area (Å²) < 4.78 is 10.0. The largest absolute Gasteiger partial charge is 0.443 e. The molecule has 1 aromatic heterocycles. The van der Waals surface area contributed by atoms with E-state index in [0.29, 0.717) is 18.3 Å². The van der Waals surface area contributed by atoms with Crippen LogP contribution in [0.25, 0.3) is 0 Å². The second-order valence-corrected chi connectivity index (χ2v) is 2.47. The molecule has 0 bridgehead atoms. The molecule has 0 aliphatic rings. The van der Waals surface area contributed by atoms with Crippen LogP contribution in [0.4, 0.5) is 0 Å². The van der Waals surface area contributed by atoms with E-state index in [2.05, 4.69) is 4.98 Å². The van der Waals surface area contributed by atoms with Gasteiger partial charge in [0.2, 0.25) is 0 Å². The fourth-order valence-electron chi connectivity index (χ4n) is 0.904. The number of hydrogen-bond donors (Lipinski definition) is 1. The van der Waals surface area contributed by atoms with E-state index in [1.54, 1.807) is 13.3 Å². The van der Waals surface area contributed by atoms with Crippen molar-refractivity contribution < 1.29 is 14.3 Å². The number of ether oxygens (including phenoxy) is 1. The number of rotatable bonds is 5. The summed E-state index contributed by atoms with van der Waals surface area (Å²) in [5.74, 6) is 1.18. The van der Waals surface area contributed by atoms with Crippen LogP contribution in [0.3, 0.4) is 0 Å². The Morgan fingerprint density at radius 2 is 2.50 bits per heavy atom. The van der Waals surface area contributed by atoms with Crippen LogP contribution in [0.1, 0.15) is 18.1 Å². The molecule has 0 saturated heterocycles. The molecule has 12 heavy (non-hydrogen) atoms. The second-order valence-electron chi connectivity index (χ2n) is 2.47. The molecular formula is C8H13NO3. The van der Waals surface area contributed by atoms with Gasteiger partial charge in [-0.15, -0.1) is 0 Å².